The smallest absolute Gasteiger partial charge is 0.183 e. The lowest BCUT2D eigenvalue weighted by Gasteiger charge is -2.11. The van der Waals surface area contributed by atoms with Crippen LogP contribution in [0, 0.1) is 20.8 Å². The summed E-state index contributed by atoms with van der Waals surface area (Å²) in [6, 6.07) is 3.93. The number of hydrogen-bond acceptors (Lipinski definition) is 2. The van der Waals surface area contributed by atoms with Crippen LogP contribution in [0.1, 0.15) is 30.5 Å². The van der Waals surface area contributed by atoms with Crippen LogP contribution < -0.4 is 10.5 Å². The van der Waals surface area contributed by atoms with Gasteiger partial charge in [0.05, 0.1) is 0 Å². The summed E-state index contributed by atoms with van der Waals surface area (Å²) >= 11 is 0. The molecule has 1 rings (SSSR count). The second kappa shape index (κ2) is 6.12. The number of benzene rings is 1. The summed E-state index contributed by atoms with van der Waals surface area (Å²) in [4.78, 5) is 0. The molecule has 0 aliphatic rings. The van der Waals surface area contributed by atoms with E-state index in [2.05, 4.69) is 20.4 Å². The number of nitrogens with two attached hydrogens (primary N) is 1. The summed E-state index contributed by atoms with van der Waals surface area (Å²) in [7, 11) is 0. The number of hydrogen-bond donors (Lipinski definition) is 1. The number of ether oxygens (including phenoxy) is 1. The fraction of sp³-hybridized carbons (Fsp3) is 0.385. The molecule has 0 atom stereocenters. The Labute approximate surface area is 92.8 Å². The molecule has 0 aliphatic carbocycles. The molecule has 1 aromatic carbocycles. The molecule has 0 aliphatic heterocycles. The van der Waals surface area contributed by atoms with Gasteiger partial charge in [0.15, 0.2) is 5.88 Å². The SMILES string of the molecule is C=C(N)Oc1ccc(C)c(C)c1C.CC. The molecular formula is C13H21NO. The predicted molar refractivity (Wildman–Crippen MR) is 66.0 cm³/mol. The Bertz CT molecular complexity index is 343. The molecular weight excluding hydrogens is 186 g/mol. The number of rotatable bonds is 2. The molecule has 2 N–H and O–H groups in total. The van der Waals surface area contributed by atoms with Crippen molar-refractivity contribution in [1.82, 2.24) is 0 Å². The highest BCUT2D eigenvalue weighted by Crippen LogP contribution is 2.24. The van der Waals surface area contributed by atoms with Crippen molar-refractivity contribution < 1.29 is 4.74 Å². The van der Waals surface area contributed by atoms with Gasteiger partial charge in [-0.2, -0.15) is 0 Å². The molecule has 0 heterocycles. The summed E-state index contributed by atoms with van der Waals surface area (Å²) in [5.74, 6) is 1.02. The normalized spacial score (nSPS) is 8.87. The van der Waals surface area contributed by atoms with E-state index in [9.17, 15) is 0 Å². The zero-order valence-electron chi connectivity index (χ0n) is 10.3. The van der Waals surface area contributed by atoms with Gasteiger partial charge >= 0.3 is 0 Å². The highest BCUT2D eigenvalue weighted by atomic mass is 16.5. The second-order valence-corrected chi connectivity index (χ2v) is 3.20. The quantitative estimate of drug-likeness (QED) is 0.754. The predicted octanol–water partition coefficient (Wildman–Crippen LogP) is 3.45. The first-order chi connectivity index (χ1) is 7.02. The maximum absolute atomic E-state index is 5.36. The fourth-order valence-corrected chi connectivity index (χ4v) is 1.18. The summed E-state index contributed by atoms with van der Waals surface area (Å²) in [6.45, 7) is 13.7. The average Bonchev–Trinajstić information content (AvgIpc) is 2.22. The van der Waals surface area contributed by atoms with Gasteiger partial charge in [0, 0.05) is 0 Å². The molecule has 0 saturated carbocycles. The van der Waals surface area contributed by atoms with E-state index < -0.39 is 0 Å². The van der Waals surface area contributed by atoms with E-state index in [0.29, 0.717) is 0 Å². The fourth-order valence-electron chi connectivity index (χ4n) is 1.18. The molecule has 0 amide bonds. The zero-order valence-corrected chi connectivity index (χ0v) is 10.3. The highest BCUT2D eigenvalue weighted by Gasteiger charge is 2.04. The molecule has 0 bridgehead atoms. The van der Waals surface area contributed by atoms with Gasteiger partial charge in [-0.05, 0) is 50.1 Å². The lowest BCUT2D eigenvalue weighted by atomic mass is 10.0. The Hall–Kier alpha value is -1.44. The van der Waals surface area contributed by atoms with E-state index in [4.69, 9.17) is 10.5 Å². The van der Waals surface area contributed by atoms with Gasteiger partial charge in [-0.3, -0.25) is 0 Å². The van der Waals surface area contributed by atoms with Gasteiger partial charge < -0.3 is 10.5 Å². The monoisotopic (exact) mass is 207 g/mol. The van der Waals surface area contributed by atoms with E-state index in [1.165, 1.54) is 11.1 Å². The molecule has 15 heavy (non-hydrogen) atoms. The molecule has 2 nitrogen and oxygen atoms in total. The Morgan fingerprint density at radius 1 is 1.13 bits per heavy atom. The summed E-state index contributed by atoms with van der Waals surface area (Å²) in [5, 5.41) is 0. The first-order valence-corrected chi connectivity index (χ1v) is 5.21. The van der Waals surface area contributed by atoms with E-state index in [1.54, 1.807) is 0 Å². The molecule has 84 valence electrons. The van der Waals surface area contributed by atoms with Crippen LogP contribution >= 0.6 is 0 Å². The summed E-state index contributed by atoms with van der Waals surface area (Å²) in [5.41, 5.74) is 8.97. The zero-order chi connectivity index (χ0) is 12.0. The van der Waals surface area contributed by atoms with Crippen LogP contribution in [-0.4, -0.2) is 0 Å². The lowest BCUT2D eigenvalue weighted by Crippen LogP contribution is -2.05. The molecule has 0 radical (unpaired) electrons. The van der Waals surface area contributed by atoms with Crippen LogP contribution in [0.15, 0.2) is 24.6 Å². The Kier molecular flexibility index (Phi) is 5.53. The van der Waals surface area contributed by atoms with Gasteiger partial charge in [0.1, 0.15) is 5.75 Å². The average molecular weight is 207 g/mol. The number of aryl methyl sites for hydroxylation is 1. The van der Waals surface area contributed by atoms with Crippen LogP contribution in [0.2, 0.25) is 0 Å². The van der Waals surface area contributed by atoms with Crippen molar-refractivity contribution in [2.45, 2.75) is 34.6 Å². The highest BCUT2D eigenvalue weighted by molar-refractivity contribution is 5.43. The maximum atomic E-state index is 5.36. The third kappa shape index (κ3) is 3.66. The van der Waals surface area contributed by atoms with Crippen molar-refractivity contribution in [3.8, 4) is 5.75 Å². The van der Waals surface area contributed by atoms with E-state index in [-0.39, 0.29) is 5.88 Å². The van der Waals surface area contributed by atoms with Gasteiger partial charge in [-0.1, -0.05) is 19.9 Å². The molecule has 1 aromatic rings. The summed E-state index contributed by atoms with van der Waals surface area (Å²) < 4.78 is 5.26. The van der Waals surface area contributed by atoms with Crippen molar-refractivity contribution in [2.75, 3.05) is 0 Å². The minimum absolute atomic E-state index is 0.228. The first-order valence-electron chi connectivity index (χ1n) is 5.21. The third-order valence-corrected chi connectivity index (χ3v) is 2.25. The van der Waals surface area contributed by atoms with Gasteiger partial charge in [-0.15, -0.1) is 0 Å². The largest absolute Gasteiger partial charge is 0.442 e. The Morgan fingerprint density at radius 2 is 1.67 bits per heavy atom. The van der Waals surface area contributed by atoms with Crippen LogP contribution in [0.5, 0.6) is 5.75 Å². The molecule has 0 spiro atoms. The minimum Gasteiger partial charge on any atom is -0.442 e. The lowest BCUT2D eigenvalue weighted by molar-refractivity contribution is 0.419. The van der Waals surface area contributed by atoms with Crippen LogP contribution in [-0.2, 0) is 0 Å². The van der Waals surface area contributed by atoms with Crippen molar-refractivity contribution in [3.63, 3.8) is 0 Å². The van der Waals surface area contributed by atoms with Crippen molar-refractivity contribution in [3.05, 3.63) is 41.3 Å². The van der Waals surface area contributed by atoms with E-state index in [1.807, 2.05) is 32.9 Å². The molecule has 0 saturated heterocycles. The van der Waals surface area contributed by atoms with Crippen LogP contribution in [0.4, 0.5) is 0 Å². The van der Waals surface area contributed by atoms with E-state index >= 15 is 0 Å². The van der Waals surface area contributed by atoms with Crippen LogP contribution in [0.3, 0.4) is 0 Å². The van der Waals surface area contributed by atoms with Gasteiger partial charge in [0.2, 0.25) is 0 Å². The van der Waals surface area contributed by atoms with Gasteiger partial charge in [-0.25, -0.2) is 0 Å². The molecule has 0 aromatic heterocycles. The van der Waals surface area contributed by atoms with Crippen LogP contribution in [0.25, 0.3) is 0 Å². The molecule has 0 fully saturated rings. The summed E-state index contributed by atoms with van der Waals surface area (Å²) in [6.07, 6.45) is 0. The maximum Gasteiger partial charge on any atom is 0.183 e. The van der Waals surface area contributed by atoms with Crippen molar-refractivity contribution in [1.29, 1.82) is 0 Å². The van der Waals surface area contributed by atoms with Gasteiger partial charge in [0.25, 0.3) is 0 Å². The van der Waals surface area contributed by atoms with Crippen molar-refractivity contribution >= 4 is 0 Å². The van der Waals surface area contributed by atoms with E-state index in [0.717, 1.165) is 11.3 Å². The standard InChI is InChI=1S/C11H15NO.C2H6/c1-7-5-6-11(13-10(4)12)9(3)8(7)2;1-2/h5-6H,4,12H2,1-3H3;1-2H3. The Balaban J connectivity index is 0.000000921. The molecule has 0 unspecified atom stereocenters. The third-order valence-electron chi connectivity index (χ3n) is 2.25. The first kappa shape index (κ1) is 13.6. The minimum atomic E-state index is 0.228. The second-order valence-electron chi connectivity index (χ2n) is 3.20. The van der Waals surface area contributed by atoms with Crippen molar-refractivity contribution in [2.24, 2.45) is 5.73 Å². The topological polar surface area (TPSA) is 35.2 Å². The molecule has 2 heteroatoms. The Morgan fingerprint density at radius 3 is 2.13 bits per heavy atom.